The summed E-state index contributed by atoms with van der Waals surface area (Å²) in [5, 5.41) is 2.88. The molecule has 4 nitrogen and oxygen atoms in total. The van der Waals surface area contributed by atoms with E-state index in [0.717, 1.165) is 16.9 Å². The number of thioether (sulfide) groups is 1. The number of amides is 1. The average Bonchev–Trinajstić information content (AvgIpc) is 2.49. The summed E-state index contributed by atoms with van der Waals surface area (Å²) in [5.41, 5.74) is 0.959. The number of nitrogens with one attached hydrogen (secondary N) is 1. The van der Waals surface area contributed by atoms with E-state index in [1.165, 1.54) is 0 Å². The Kier molecular flexibility index (Phi) is 7.78. The van der Waals surface area contributed by atoms with Gasteiger partial charge in [0.25, 0.3) is 0 Å². The second kappa shape index (κ2) is 9.07. The number of ether oxygens (including phenoxy) is 2. The lowest BCUT2D eigenvalue weighted by Crippen LogP contribution is -2.37. The summed E-state index contributed by atoms with van der Waals surface area (Å²) in [6.45, 7) is 5.99. The molecule has 0 heterocycles. The molecule has 0 fully saturated rings. The van der Waals surface area contributed by atoms with Crippen LogP contribution in [0.2, 0.25) is 0 Å². The van der Waals surface area contributed by atoms with E-state index < -0.39 is 0 Å². The van der Waals surface area contributed by atoms with Crippen molar-refractivity contribution in [3.05, 3.63) is 29.8 Å². The van der Waals surface area contributed by atoms with Crippen LogP contribution in [0.4, 0.5) is 0 Å². The molecule has 1 N–H and O–H groups in total. The van der Waals surface area contributed by atoms with E-state index in [0.29, 0.717) is 0 Å². The van der Waals surface area contributed by atoms with Crippen molar-refractivity contribution in [2.45, 2.75) is 49.7 Å². The zero-order chi connectivity index (χ0) is 15.8. The Morgan fingerprint density at radius 1 is 1.19 bits per heavy atom. The number of carbonyl (C=O) groups excluding carboxylic acids is 1. The molecule has 2 atom stereocenters. The van der Waals surface area contributed by atoms with Crippen LogP contribution in [0.3, 0.4) is 0 Å². The molecule has 0 aliphatic rings. The number of hydrogen-bond acceptors (Lipinski definition) is 4. The lowest BCUT2D eigenvalue weighted by Gasteiger charge is -2.17. The van der Waals surface area contributed by atoms with Gasteiger partial charge in [0.05, 0.1) is 5.25 Å². The Balaban J connectivity index is 2.60. The fourth-order valence-electron chi connectivity index (χ4n) is 1.79. The van der Waals surface area contributed by atoms with Crippen LogP contribution in [0.5, 0.6) is 0 Å². The smallest absolute Gasteiger partial charge is 0.233 e. The van der Waals surface area contributed by atoms with Gasteiger partial charge in [-0.1, -0.05) is 19.1 Å². The first-order valence-electron chi connectivity index (χ1n) is 7.14. The quantitative estimate of drug-likeness (QED) is 0.590. The standard InChI is InChI=1S/C16H25NO3S/c1-6-11(2)17-15(18)12(3)21-14-9-7-13(8-10-14)16(19-4)20-5/h7-12,16H,6H2,1-5H3,(H,17,18). The molecule has 1 amide bonds. The first-order chi connectivity index (χ1) is 10.0. The maximum absolute atomic E-state index is 12.0. The van der Waals surface area contributed by atoms with E-state index in [-0.39, 0.29) is 23.5 Å². The minimum Gasteiger partial charge on any atom is -0.353 e. The molecule has 0 saturated carbocycles. The molecule has 21 heavy (non-hydrogen) atoms. The molecule has 5 heteroatoms. The summed E-state index contributed by atoms with van der Waals surface area (Å²) in [4.78, 5) is 13.1. The monoisotopic (exact) mass is 311 g/mol. The van der Waals surface area contributed by atoms with Gasteiger partial charge in [-0.3, -0.25) is 4.79 Å². The first-order valence-corrected chi connectivity index (χ1v) is 8.02. The topological polar surface area (TPSA) is 47.6 Å². The van der Waals surface area contributed by atoms with Crippen LogP contribution >= 0.6 is 11.8 Å². The Morgan fingerprint density at radius 2 is 1.76 bits per heavy atom. The van der Waals surface area contributed by atoms with E-state index in [4.69, 9.17) is 9.47 Å². The van der Waals surface area contributed by atoms with E-state index in [1.807, 2.05) is 38.1 Å². The van der Waals surface area contributed by atoms with Crippen LogP contribution in [0.15, 0.2) is 29.2 Å². The van der Waals surface area contributed by atoms with Crippen molar-refractivity contribution < 1.29 is 14.3 Å². The maximum atomic E-state index is 12.0. The lowest BCUT2D eigenvalue weighted by atomic mass is 10.2. The second-order valence-electron chi connectivity index (χ2n) is 4.95. The third-order valence-corrected chi connectivity index (χ3v) is 4.38. The molecule has 1 aromatic carbocycles. The number of methoxy groups -OCH3 is 2. The Bertz CT molecular complexity index is 432. The van der Waals surface area contributed by atoms with Gasteiger partial charge in [0.2, 0.25) is 5.91 Å². The average molecular weight is 311 g/mol. The molecular formula is C16H25NO3S. The van der Waals surface area contributed by atoms with Gasteiger partial charge in [0, 0.05) is 30.7 Å². The Morgan fingerprint density at radius 3 is 2.24 bits per heavy atom. The molecule has 0 aliphatic heterocycles. The third-order valence-electron chi connectivity index (χ3n) is 3.26. The van der Waals surface area contributed by atoms with E-state index in [9.17, 15) is 4.79 Å². The van der Waals surface area contributed by atoms with Crippen molar-refractivity contribution in [1.29, 1.82) is 0 Å². The van der Waals surface area contributed by atoms with Gasteiger partial charge in [-0.25, -0.2) is 0 Å². The van der Waals surface area contributed by atoms with Crippen molar-refractivity contribution in [2.24, 2.45) is 0 Å². The van der Waals surface area contributed by atoms with Crippen molar-refractivity contribution in [1.82, 2.24) is 5.32 Å². The fraction of sp³-hybridized carbons (Fsp3) is 0.562. The molecule has 0 saturated heterocycles. The summed E-state index contributed by atoms with van der Waals surface area (Å²) in [6.07, 6.45) is 0.586. The molecule has 1 aromatic rings. The molecule has 0 radical (unpaired) electrons. The SMILES string of the molecule is CCC(C)NC(=O)C(C)Sc1ccc(C(OC)OC)cc1. The van der Waals surface area contributed by atoms with Crippen LogP contribution in [-0.2, 0) is 14.3 Å². The maximum Gasteiger partial charge on any atom is 0.233 e. The lowest BCUT2D eigenvalue weighted by molar-refractivity contribution is -0.120. The summed E-state index contributed by atoms with van der Waals surface area (Å²) in [7, 11) is 3.22. The molecule has 0 spiro atoms. The molecular weight excluding hydrogens is 286 g/mol. The number of benzene rings is 1. The normalized spacial score (nSPS) is 14.0. The minimum atomic E-state index is -0.352. The van der Waals surface area contributed by atoms with E-state index in [1.54, 1.807) is 26.0 Å². The first kappa shape index (κ1) is 18.0. The summed E-state index contributed by atoms with van der Waals surface area (Å²) in [6, 6.07) is 8.10. The largest absolute Gasteiger partial charge is 0.353 e. The van der Waals surface area contributed by atoms with Gasteiger partial charge in [0.15, 0.2) is 6.29 Å². The zero-order valence-electron chi connectivity index (χ0n) is 13.4. The fourth-order valence-corrected chi connectivity index (χ4v) is 2.67. The van der Waals surface area contributed by atoms with Crippen LogP contribution in [0.1, 0.15) is 39.0 Å². The Labute approximate surface area is 131 Å². The molecule has 0 aromatic heterocycles. The minimum absolute atomic E-state index is 0.0742. The van der Waals surface area contributed by atoms with Crippen molar-refractivity contribution in [3.63, 3.8) is 0 Å². The summed E-state index contributed by atoms with van der Waals surface area (Å²) in [5.74, 6) is 0.0742. The van der Waals surface area contributed by atoms with Crippen LogP contribution in [-0.4, -0.2) is 31.4 Å². The predicted octanol–water partition coefficient (Wildman–Crippen LogP) is 3.37. The second-order valence-corrected chi connectivity index (χ2v) is 6.36. The van der Waals surface area contributed by atoms with Gasteiger partial charge in [-0.05, 0) is 32.4 Å². The van der Waals surface area contributed by atoms with Gasteiger partial charge >= 0.3 is 0 Å². The van der Waals surface area contributed by atoms with Gasteiger partial charge in [-0.2, -0.15) is 0 Å². The van der Waals surface area contributed by atoms with Gasteiger partial charge in [0.1, 0.15) is 0 Å². The van der Waals surface area contributed by atoms with Crippen LogP contribution in [0, 0.1) is 0 Å². The molecule has 0 aliphatic carbocycles. The highest BCUT2D eigenvalue weighted by Gasteiger charge is 2.16. The van der Waals surface area contributed by atoms with Crippen LogP contribution in [0.25, 0.3) is 0 Å². The molecule has 0 bridgehead atoms. The highest BCUT2D eigenvalue weighted by molar-refractivity contribution is 8.00. The van der Waals surface area contributed by atoms with E-state index >= 15 is 0 Å². The molecule has 1 rings (SSSR count). The zero-order valence-corrected chi connectivity index (χ0v) is 14.2. The predicted molar refractivity (Wildman–Crippen MR) is 86.4 cm³/mol. The number of carbonyl (C=O) groups is 1. The number of hydrogen-bond donors (Lipinski definition) is 1. The Hall–Kier alpha value is -1.04. The summed E-state index contributed by atoms with van der Waals surface area (Å²) >= 11 is 1.55. The van der Waals surface area contributed by atoms with Gasteiger partial charge in [-0.15, -0.1) is 11.8 Å². The number of rotatable bonds is 8. The van der Waals surface area contributed by atoms with Gasteiger partial charge < -0.3 is 14.8 Å². The molecule has 118 valence electrons. The van der Waals surface area contributed by atoms with Crippen molar-refractivity contribution in [3.8, 4) is 0 Å². The molecule has 2 unspecified atom stereocenters. The van der Waals surface area contributed by atoms with E-state index in [2.05, 4.69) is 12.2 Å². The highest BCUT2D eigenvalue weighted by Crippen LogP contribution is 2.26. The summed E-state index contributed by atoms with van der Waals surface area (Å²) < 4.78 is 10.4. The van der Waals surface area contributed by atoms with Crippen LogP contribution < -0.4 is 5.32 Å². The van der Waals surface area contributed by atoms with Crippen molar-refractivity contribution >= 4 is 17.7 Å². The van der Waals surface area contributed by atoms with Crippen molar-refractivity contribution in [2.75, 3.05) is 14.2 Å². The highest BCUT2D eigenvalue weighted by atomic mass is 32.2. The third kappa shape index (κ3) is 5.69.